The van der Waals surface area contributed by atoms with Gasteiger partial charge >= 0.3 is 0 Å². The van der Waals surface area contributed by atoms with E-state index >= 15 is 0 Å². The first-order valence-corrected chi connectivity index (χ1v) is 8.13. The van der Waals surface area contributed by atoms with Gasteiger partial charge in [-0.1, -0.05) is 0 Å². The zero-order valence-electron chi connectivity index (χ0n) is 12.8. The molecule has 2 fully saturated rings. The Morgan fingerprint density at radius 3 is 2.52 bits per heavy atom. The van der Waals surface area contributed by atoms with Gasteiger partial charge < -0.3 is 15.5 Å². The molecule has 0 aromatic heterocycles. The van der Waals surface area contributed by atoms with E-state index in [-0.39, 0.29) is 17.9 Å². The molecule has 2 saturated heterocycles. The third-order valence-corrected chi connectivity index (χ3v) is 4.72. The van der Waals surface area contributed by atoms with Crippen LogP contribution in [0.3, 0.4) is 0 Å². The summed E-state index contributed by atoms with van der Waals surface area (Å²) in [5, 5.41) is 6.37. The van der Waals surface area contributed by atoms with Crippen LogP contribution in [0.25, 0.3) is 0 Å². The third kappa shape index (κ3) is 3.38. The lowest BCUT2D eigenvalue weighted by molar-refractivity contribution is -0.119. The molecule has 2 aliphatic heterocycles. The average Bonchev–Trinajstić information content (AvgIpc) is 2.95. The standard InChI is InChI=1S/C17H25N3O/c1-13-16(9-10-18-13)17(21)19-14-5-7-15(8-6-14)20-11-3-2-4-12-20/h5-8,13,16,18H,2-4,9-12H2,1H3,(H,19,21). The van der Waals surface area contributed by atoms with E-state index in [9.17, 15) is 4.79 Å². The lowest BCUT2D eigenvalue weighted by Gasteiger charge is -2.28. The molecule has 2 unspecified atom stereocenters. The van der Waals surface area contributed by atoms with Gasteiger partial charge in [-0.2, -0.15) is 0 Å². The molecule has 2 atom stereocenters. The first-order valence-electron chi connectivity index (χ1n) is 8.13. The van der Waals surface area contributed by atoms with Gasteiger partial charge in [0.05, 0.1) is 5.92 Å². The summed E-state index contributed by atoms with van der Waals surface area (Å²) >= 11 is 0. The van der Waals surface area contributed by atoms with Crippen molar-refractivity contribution in [3.05, 3.63) is 24.3 Å². The lowest BCUT2D eigenvalue weighted by atomic mass is 10.0. The molecule has 0 saturated carbocycles. The van der Waals surface area contributed by atoms with Gasteiger partial charge in [-0.05, 0) is 63.4 Å². The summed E-state index contributed by atoms with van der Waals surface area (Å²) in [6, 6.07) is 8.57. The van der Waals surface area contributed by atoms with E-state index in [0.29, 0.717) is 0 Å². The highest BCUT2D eigenvalue weighted by atomic mass is 16.1. The summed E-state index contributed by atoms with van der Waals surface area (Å²) in [6.45, 7) is 5.32. The molecule has 2 heterocycles. The SMILES string of the molecule is CC1NCCC1C(=O)Nc1ccc(N2CCCCC2)cc1. The van der Waals surface area contributed by atoms with Crippen LogP contribution in [0.2, 0.25) is 0 Å². The van der Waals surface area contributed by atoms with Crippen LogP contribution in [-0.4, -0.2) is 31.6 Å². The number of nitrogens with zero attached hydrogens (tertiary/aromatic N) is 1. The van der Waals surface area contributed by atoms with E-state index in [2.05, 4.69) is 34.6 Å². The number of carbonyl (C=O) groups excluding carboxylic acids is 1. The number of hydrogen-bond acceptors (Lipinski definition) is 3. The van der Waals surface area contributed by atoms with Gasteiger partial charge in [0.1, 0.15) is 0 Å². The van der Waals surface area contributed by atoms with E-state index in [1.807, 2.05) is 12.1 Å². The quantitative estimate of drug-likeness (QED) is 0.898. The summed E-state index contributed by atoms with van der Waals surface area (Å²) in [4.78, 5) is 14.7. The molecular formula is C17H25N3O. The van der Waals surface area contributed by atoms with E-state index in [1.54, 1.807) is 0 Å². The van der Waals surface area contributed by atoms with Crippen LogP contribution in [0.5, 0.6) is 0 Å². The monoisotopic (exact) mass is 287 g/mol. The highest BCUT2D eigenvalue weighted by Crippen LogP contribution is 2.23. The summed E-state index contributed by atoms with van der Waals surface area (Å²) < 4.78 is 0. The molecule has 2 aliphatic rings. The van der Waals surface area contributed by atoms with Crippen LogP contribution in [0.15, 0.2) is 24.3 Å². The third-order valence-electron chi connectivity index (χ3n) is 4.72. The van der Waals surface area contributed by atoms with E-state index in [4.69, 9.17) is 0 Å². The summed E-state index contributed by atoms with van der Waals surface area (Å²) in [5.41, 5.74) is 2.17. The number of benzene rings is 1. The predicted octanol–water partition coefficient (Wildman–Crippen LogP) is 2.61. The number of hydrogen-bond donors (Lipinski definition) is 2. The Hall–Kier alpha value is -1.55. The fourth-order valence-electron chi connectivity index (χ4n) is 3.36. The minimum atomic E-state index is 0.0896. The first kappa shape index (κ1) is 14.4. The summed E-state index contributed by atoms with van der Waals surface area (Å²) in [5.74, 6) is 0.227. The normalized spacial score (nSPS) is 25.9. The van der Waals surface area contributed by atoms with Crippen molar-refractivity contribution in [2.45, 2.75) is 38.6 Å². The number of piperidine rings is 1. The molecule has 3 rings (SSSR count). The fraction of sp³-hybridized carbons (Fsp3) is 0.588. The van der Waals surface area contributed by atoms with Gasteiger partial charge in [0.15, 0.2) is 0 Å². The Kier molecular flexibility index (Phi) is 4.44. The van der Waals surface area contributed by atoms with Gasteiger partial charge in [0, 0.05) is 30.5 Å². The van der Waals surface area contributed by atoms with Crippen molar-refractivity contribution in [2.24, 2.45) is 5.92 Å². The Morgan fingerprint density at radius 1 is 1.19 bits per heavy atom. The second-order valence-corrected chi connectivity index (χ2v) is 6.22. The second kappa shape index (κ2) is 6.48. The van der Waals surface area contributed by atoms with Gasteiger partial charge in [-0.25, -0.2) is 0 Å². The summed E-state index contributed by atoms with van der Waals surface area (Å²) in [7, 11) is 0. The molecule has 21 heavy (non-hydrogen) atoms. The van der Waals surface area contributed by atoms with Gasteiger partial charge in [-0.15, -0.1) is 0 Å². The van der Waals surface area contributed by atoms with Crippen LogP contribution in [-0.2, 0) is 4.79 Å². The molecule has 4 nitrogen and oxygen atoms in total. The zero-order chi connectivity index (χ0) is 14.7. The Morgan fingerprint density at radius 2 is 1.90 bits per heavy atom. The molecule has 1 aromatic carbocycles. The molecular weight excluding hydrogens is 262 g/mol. The van der Waals surface area contributed by atoms with Crippen LogP contribution in [0.4, 0.5) is 11.4 Å². The van der Waals surface area contributed by atoms with Crippen molar-refractivity contribution in [3.63, 3.8) is 0 Å². The van der Waals surface area contributed by atoms with Crippen molar-refractivity contribution >= 4 is 17.3 Å². The zero-order valence-corrected chi connectivity index (χ0v) is 12.8. The van der Waals surface area contributed by atoms with Gasteiger partial charge in [0.25, 0.3) is 0 Å². The number of carbonyl (C=O) groups is 1. The number of amides is 1. The maximum Gasteiger partial charge on any atom is 0.229 e. The molecule has 0 aliphatic carbocycles. The van der Waals surface area contributed by atoms with Gasteiger partial charge in [-0.3, -0.25) is 4.79 Å². The molecule has 0 spiro atoms. The maximum absolute atomic E-state index is 12.3. The lowest BCUT2D eigenvalue weighted by Crippen LogP contribution is -2.32. The maximum atomic E-state index is 12.3. The fourth-order valence-corrected chi connectivity index (χ4v) is 3.36. The van der Waals surface area contributed by atoms with E-state index in [0.717, 1.165) is 31.7 Å². The second-order valence-electron chi connectivity index (χ2n) is 6.22. The average molecular weight is 287 g/mol. The van der Waals surface area contributed by atoms with Crippen molar-refractivity contribution in [3.8, 4) is 0 Å². The number of rotatable bonds is 3. The Balaban J connectivity index is 1.60. The Labute approximate surface area is 126 Å². The van der Waals surface area contributed by atoms with Crippen molar-refractivity contribution in [1.82, 2.24) is 5.32 Å². The highest BCUT2D eigenvalue weighted by molar-refractivity contribution is 5.93. The molecule has 1 amide bonds. The topological polar surface area (TPSA) is 44.4 Å². The Bertz CT molecular complexity index is 479. The van der Waals surface area contributed by atoms with Crippen molar-refractivity contribution in [2.75, 3.05) is 29.9 Å². The predicted molar refractivity (Wildman–Crippen MR) is 86.7 cm³/mol. The number of anilines is 2. The molecule has 0 bridgehead atoms. The smallest absolute Gasteiger partial charge is 0.229 e. The largest absolute Gasteiger partial charge is 0.372 e. The molecule has 1 aromatic rings. The minimum absolute atomic E-state index is 0.0896. The molecule has 2 N–H and O–H groups in total. The summed E-state index contributed by atoms with van der Waals surface area (Å²) in [6.07, 6.45) is 4.84. The number of nitrogens with one attached hydrogen (secondary N) is 2. The van der Waals surface area contributed by atoms with Crippen molar-refractivity contribution in [1.29, 1.82) is 0 Å². The van der Waals surface area contributed by atoms with Gasteiger partial charge in [0.2, 0.25) is 5.91 Å². The van der Waals surface area contributed by atoms with Crippen LogP contribution >= 0.6 is 0 Å². The van der Waals surface area contributed by atoms with Crippen LogP contribution in [0, 0.1) is 5.92 Å². The molecule has 4 heteroatoms. The molecule has 114 valence electrons. The minimum Gasteiger partial charge on any atom is -0.372 e. The molecule has 0 radical (unpaired) electrons. The van der Waals surface area contributed by atoms with Crippen LogP contribution in [0.1, 0.15) is 32.6 Å². The van der Waals surface area contributed by atoms with E-state index in [1.165, 1.54) is 24.9 Å². The highest BCUT2D eigenvalue weighted by Gasteiger charge is 2.29. The van der Waals surface area contributed by atoms with E-state index < -0.39 is 0 Å². The van der Waals surface area contributed by atoms with Crippen LogP contribution < -0.4 is 15.5 Å². The van der Waals surface area contributed by atoms with Crippen molar-refractivity contribution < 1.29 is 4.79 Å². The first-order chi connectivity index (χ1) is 10.2.